The molecule has 116 valence electrons. The van der Waals surface area contributed by atoms with Crippen molar-refractivity contribution in [3.05, 3.63) is 0 Å². The van der Waals surface area contributed by atoms with Crippen LogP contribution in [0.5, 0.6) is 0 Å². The van der Waals surface area contributed by atoms with Gasteiger partial charge in [-0.1, -0.05) is 0 Å². The van der Waals surface area contributed by atoms with E-state index in [-0.39, 0.29) is 30.5 Å². The second kappa shape index (κ2) is 5.99. The fourth-order valence-electron chi connectivity index (χ4n) is 1.75. The molecule has 0 aromatic rings. The highest BCUT2D eigenvalue weighted by atomic mass is 32.2. The molecule has 8 heteroatoms. The van der Waals surface area contributed by atoms with Gasteiger partial charge < -0.3 is 15.0 Å². The van der Waals surface area contributed by atoms with Gasteiger partial charge in [0.1, 0.15) is 11.6 Å². The van der Waals surface area contributed by atoms with Gasteiger partial charge in [-0.05, 0) is 27.7 Å². The van der Waals surface area contributed by atoms with Gasteiger partial charge in [0.2, 0.25) is 5.91 Å². The molecule has 1 saturated heterocycles. The summed E-state index contributed by atoms with van der Waals surface area (Å²) in [6, 6.07) is -0.745. The predicted octanol–water partition coefficient (Wildman–Crippen LogP) is 0.157. The molecule has 1 N–H and O–H groups in total. The number of hydrogen-bond donors (Lipinski definition) is 1. The molecule has 1 aliphatic rings. The molecule has 0 unspecified atom stereocenters. The number of carbonyl (C=O) groups excluding carboxylic acids is 2. The van der Waals surface area contributed by atoms with Gasteiger partial charge in [0.15, 0.2) is 9.84 Å². The number of rotatable bonds is 2. The van der Waals surface area contributed by atoms with E-state index in [1.807, 2.05) is 0 Å². The Morgan fingerprint density at radius 3 is 2.15 bits per heavy atom. The average molecular weight is 306 g/mol. The van der Waals surface area contributed by atoms with E-state index in [0.717, 1.165) is 0 Å². The smallest absolute Gasteiger partial charge is 0.408 e. The lowest BCUT2D eigenvalue weighted by Gasteiger charge is -2.29. The van der Waals surface area contributed by atoms with E-state index >= 15 is 0 Å². The van der Waals surface area contributed by atoms with E-state index < -0.39 is 27.6 Å². The minimum Gasteiger partial charge on any atom is -0.444 e. The first-order valence-corrected chi connectivity index (χ1v) is 8.31. The number of sulfone groups is 1. The van der Waals surface area contributed by atoms with Crippen molar-refractivity contribution in [2.24, 2.45) is 0 Å². The van der Waals surface area contributed by atoms with Crippen molar-refractivity contribution in [3.8, 4) is 0 Å². The molecule has 0 aliphatic carbocycles. The number of nitrogens with zero attached hydrogens (tertiary/aromatic N) is 1. The van der Waals surface area contributed by atoms with Gasteiger partial charge in [0.05, 0.1) is 11.5 Å². The van der Waals surface area contributed by atoms with Gasteiger partial charge in [-0.3, -0.25) is 4.79 Å². The summed E-state index contributed by atoms with van der Waals surface area (Å²) in [5, 5.41) is 2.45. The molecule has 2 amide bonds. The van der Waals surface area contributed by atoms with E-state index in [0.29, 0.717) is 0 Å². The fraction of sp³-hybridized carbons (Fsp3) is 0.833. The zero-order chi connectivity index (χ0) is 15.6. The zero-order valence-electron chi connectivity index (χ0n) is 12.3. The SMILES string of the molecule is C[C@@H](NC(=O)OC(C)(C)C)C(=O)N1CCS(=O)(=O)CC1. The van der Waals surface area contributed by atoms with Crippen LogP contribution < -0.4 is 5.32 Å². The zero-order valence-corrected chi connectivity index (χ0v) is 13.1. The van der Waals surface area contributed by atoms with Crippen molar-refractivity contribution in [2.75, 3.05) is 24.6 Å². The molecule has 1 rings (SSSR count). The Labute approximate surface area is 119 Å². The number of ether oxygens (including phenoxy) is 1. The Bertz CT molecular complexity index is 467. The van der Waals surface area contributed by atoms with Crippen molar-refractivity contribution < 1.29 is 22.7 Å². The van der Waals surface area contributed by atoms with E-state index in [1.165, 1.54) is 4.90 Å². The normalized spacial score (nSPS) is 20.1. The summed E-state index contributed by atoms with van der Waals surface area (Å²) in [6.45, 7) is 7.08. The van der Waals surface area contributed by atoms with Crippen LogP contribution in [0.1, 0.15) is 27.7 Å². The molecule has 1 aliphatic heterocycles. The lowest BCUT2D eigenvalue weighted by molar-refractivity contribution is -0.132. The number of nitrogens with one attached hydrogen (secondary N) is 1. The Balaban J connectivity index is 2.50. The molecule has 0 radical (unpaired) electrons. The number of amides is 2. The number of carbonyl (C=O) groups is 2. The molecular formula is C12H22N2O5S. The number of alkyl carbamates (subject to hydrolysis) is 1. The Morgan fingerprint density at radius 1 is 1.20 bits per heavy atom. The third kappa shape index (κ3) is 5.36. The van der Waals surface area contributed by atoms with Gasteiger partial charge in [-0.2, -0.15) is 0 Å². The van der Waals surface area contributed by atoms with Crippen LogP contribution in [0.25, 0.3) is 0 Å². The van der Waals surface area contributed by atoms with Crippen LogP contribution in [0.3, 0.4) is 0 Å². The van der Waals surface area contributed by atoms with Crippen LogP contribution in [-0.4, -0.2) is 61.6 Å². The summed E-state index contributed by atoms with van der Waals surface area (Å²) in [4.78, 5) is 25.1. The minimum atomic E-state index is -3.03. The highest BCUT2D eigenvalue weighted by Crippen LogP contribution is 2.08. The summed E-state index contributed by atoms with van der Waals surface area (Å²) in [7, 11) is -3.03. The highest BCUT2D eigenvalue weighted by molar-refractivity contribution is 7.91. The Hall–Kier alpha value is -1.31. The van der Waals surface area contributed by atoms with E-state index in [1.54, 1.807) is 27.7 Å². The molecular weight excluding hydrogens is 284 g/mol. The maximum atomic E-state index is 12.1. The highest BCUT2D eigenvalue weighted by Gasteiger charge is 2.29. The Morgan fingerprint density at radius 2 is 1.70 bits per heavy atom. The monoisotopic (exact) mass is 306 g/mol. The molecule has 0 aromatic carbocycles. The second-order valence-corrected chi connectivity index (χ2v) is 8.15. The van der Waals surface area contributed by atoms with E-state index in [2.05, 4.69) is 5.32 Å². The van der Waals surface area contributed by atoms with Crippen LogP contribution in [0.2, 0.25) is 0 Å². The minimum absolute atomic E-state index is 0.0299. The Kier molecular flexibility index (Phi) is 5.01. The topological polar surface area (TPSA) is 92.8 Å². The van der Waals surface area contributed by atoms with Gasteiger partial charge in [0, 0.05) is 13.1 Å². The maximum Gasteiger partial charge on any atom is 0.408 e. The third-order valence-corrected chi connectivity index (χ3v) is 4.37. The molecule has 1 heterocycles. The largest absolute Gasteiger partial charge is 0.444 e. The average Bonchev–Trinajstić information content (AvgIpc) is 2.25. The first-order valence-electron chi connectivity index (χ1n) is 6.49. The fourth-order valence-corrected chi connectivity index (χ4v) is 2.95. The van der Waals surface area contributed by atoms with Crippen molar-refractivity contribution in [1.82, 2.24) is 10.2 Å². The van der Waals surface area contributed by atoms with Crippen LogP contribution in [0, 0.1) is 0 Å². The van der Waals surface area contributed by atoms with Crippen molar-refractivity contribution in [2.45, 2.75) is 39.3 Å². The van der Waals surface area contributed by atoms with Crippen LogP contribution in [0.4, 0.5) is 4.79 Å². The summed E-state index contributed by atoms with van der Waals surface area (Å²) < 4.78 is 27.7. The summed E-state index contributed by atoms with van der Waals surface area (Å²) in [6.07, 6.45) is -0.664. The standard InChI is InChI=1S/C12H22N2O5S/c1-9(13-11(16)19-12(2,3)4)10(15)14-5-7-20(17,18)8-6-14/h9H,5-8H2,1-4H3,(H,13,16)/t9-/m1/s1. The molecule has 0 saturated carbocycles. The number of hydrogen-bond acceptors (Lipinski definition) is 5. The van der Waals surface area contributed by atoms with Gasteiger partial charge >= 0.3 is 6.09 Å². The lowest BCUT2D eigenvalue weighted by atomic mass is 10.2. The lowest BCUT2D eigenvalue weighted by Crippen LogP contribution is -2.52. The van der Waals surface area contributed by atoms with Crippen LogP contribution in [-0.2, 0) is 19.4 Å². The molecule has 0 bridgehead atoms. The molecule has 1 atom stereocenters. The first kappa shape index (κ1) is 16.7. The first-order chi connectivity index (χ1) is 9.00. The molecule has 0 spiro atoms. The van der Waals surface area contributed by atoms with Crippen LogP contribution in [0.15, 0.2) is 0 Å². The predicted molar refractivity (Wildman–Crippen MR) is 74.1 cm³/mol. The molecule has 1 fully saturated rings. The summed E-state index contributed by atoms with van der Waals surface area (Å²) in [5.41, 5.74) is -0.633. The van der Waals surface area contributed by atoms with Gasteiger partial charge in [-0.15, -0.1) is 0 Å². The van der Waals surface area contributed by atoms with Gasteiger partial charge in [0.25, 0.3) is 0 Å². The molecule has 0 aromatic heterocycles. The van der Waals surface area contributed by atoms with Gasteiger partial charge in [-0.25, -0.2) is 13.2 Å². The van der Waals surface area contributed by atoms with Crippen molar-refractivity contribution in [3.63, 3.8) is 0 Å². The van der Waals surface area contributed by atoms with Crippen molar-refractivity contribution in [1.29, 1.82) is 0 Å². The molecule has 7 nitrogen and oxygen atoms in total. The second-order valence-electron chi connectivity index (χ2n) is 5.85. The summed E-state index contributed by atoms with van der Waals surface area (Å²) >= 11 is 0. The summed E-state index contributed by atoms with van der Waals surface area (Å²) in [5.74, 6) is -0.360. The third-order valence-electron chi connectivity index (χ3n) is 2.76. The van der Waals surface area contributed by atoms with E-state index in [4.69, 9.17) is 4.74 Å². The van der Waals surface area contributed by atoms with E-state index in [9.17, 15) is 18.0 Å². The van der Waals surface area contributed by atoms with Crippen LogP contribution >= 0.6 is 0 Å². The quantitative estimate of drug-likeness (QED) is 0.784. The molecule has 20 heavy (non-hydrogen) atoms. The maximum absolute atomic E-state index is 12.1. The van der Waals surface area contributed by atoms with Crippen molar-refractivity contribution >= 4 is 21.8 Å².